The van der Waals surface area contributed by atoms with Crippen LogP contribution in [0.25, 0.3) is 0 Å². The Morgan fingerprint density at radius 2 is 2.00 bits per heavy atom. The summed E-state index contributed by atoms with van der Waals surface area (Å²) in [5, 5.41) is 11.0. The van der Waals surface area contributed by atoms with Crippen LogP contribution in [0.5, 0.6) is 0 Å². The van der Waals surface area contributed by atoms with Crippen LogP contribution in [-0.2, 0) is 16.0 Å². The minimum Gasteiger partial charge on any atom is -0.449 e. The molecule has 140 valence electrons. The van der Waals surface area contributed by atoms with E-state index in [2.05, 4.69) is 0 Å². The molecule has 27 heavy (non-hydrogen) atoms. The number of nitrogens with zero attached hydrogens (tertiary/aromatic N) is 2. The van der Waals surface area contributed by atoms with E-state index >= 15 is 0 Å². The molecule has 3 rings (SSSR count). The molecule has 0 spiro atoms. The van der Waals surface area contributed by atoms with Crippen LogP contribution in [0.3, 0.4) is 0 Å². The van der Waals surface area contributed by atoms with E-state index in [0.717, 1.165) is 23.7 Å². The molecule has 1 amide bonds. The summed E-state index contributed by atoms with van der Waals surface area (Å²) in [5.41, 5.74) is 6.92. The lowest BCUT2D eigenvalue weighted by Gasteiger charge is -2.25. The first-order valence-corrected chi connectivity index (χ1v) is 8.45. The van der Waals surface area contributed by atoms with E-state index in [1.165, 1.54) is 19.1 Å². The SMILES string of the molecule is C[C@@H](OC(=O)c1ccc(N)c([N+](=O)[O-])c1)C(=O)N1c2ccccc2C[C@@H]1C. The first-order chi connectivity index (χ1) is 12.8. The highest BCUT2D eigenvalue weighted by Gasteiger charge is 2.34. The maximum Gasteiger partial charge on any atom is 0.339 e. The summed E-state index contributed by atoms with van der Waals surface area (Å²) in [6.45, 7) is 3.41. The van der Waals surface area contributed by atoms with Crippen LogP contribution >= 0.6 is 0 Å². The fourth-order valence-corrected chi connectivity index (χ4v) is 3.20. The summed E-state index contributed by atoms with van der Waals surface area (Å²) in [6.07, 6.45) is -0.310. The standard InChI is InChI=1S/C19H19N3O5/c1-11-9-13-5-3-4-6-16(13)21(11)18(23)12(2)27-19(24)14-7-8-15(20)17(10-14)22(25)26/h3-8,10-12H,9,20H2,1-2H3/t11-,12+/m0/s1. The molecule has 0 bridgehead atoms. The second kappa shape index (κ2) is 7.06. The number of hydrogen-bond acceptors (Lipinski definition) is 6. The molecular weight excluding hydrogens is 350 g/mol. The van der Waals surface area contributed by atoms with E-state index in [9.17, 15) is 19.7 Å². The fraction of sp³-hybridized carbons (Fsp3) is 0.263. The molecule has 0 aromatic heterocycles. The van der Waals surface area contributed by atoms with E-state index in [4.69, 9.17) is 10.5 Å². The number of rotatable bonds is 4. The van der Waals surface area contributed by atoms with Crippen LogP contribution in [0.2, 0.25) is 0 Å². The smallest absolute Gasteiger partial charge is 0.339 e. The Morgan fingerprint density at radius 3 is 2.70 bits per heavy atom. The first kappa shape index (κ1) is 18.4. The maximum absolute atomic E-state index is 12.8. The van der Waals surface area contributed by atoms with Gasteiger partial charge in [-0.15, -0.1) is 0 Å². The second-order valence-electron chi connectivity index (χ2n) is 6.47. The molecule has 1 heterocycles. The van der Waals surface area contributed by atoms with Crippen molar-refractivity contribution in [3.63, 3.8) is 0 Å². The van der Waals surface area contributed by atoms with Crippen molar-refractivity contribution in [1.82, 2.24) is 0 Å². The van der Waals surface area contributed by atoms with E-state index in [-0.39, 0.29) is 28.9 Å². The van der Waals surface area contributed by atoms with Gasteiger partial charge in [0.15, 0.2) is 6.10 Å². The van der Waals surface area contributed by atoms with Crippen molar-refractivity contribution in [3.05, 3.63) is 63.7 Å². The average Bonchev–Trinajstić information content (AvgIpc) is 2.96. The number of nitro groups is 1. The number of anilines is 2. The number of ether oxygens (including phenoxy) is 1. The van der Waals surface area contributed by atoms with E-state index in [1.54, 1.807) is 4.90 Å². The number of amides is 1. The number of hydrogen-bond donors (Lipinski definition) is 1. The molecule has 2 N–H and O–H groups in total. The highest BCUT2D eigenvalue weighted by molar-refractivity contribution is 6.01. The third-order valence-electron chi connectivity index (χ3n) is 4.54. The molecule has 2 aromatic carbocycles. The molecule has 2 atom stereocenters. The number of fused-ring (bicyclic) bond motifs is 1. The maximum atomic E-state index is 12.8. The highest BCUT2D eigenvalue weighted by Crippen LogP contribution is 2.32. The van der Waals surface area contributed by atoms with E-state index in [1.807, 2.05) is 31.2 Å². The van der Waals surface area contributed by atoms with Gasteiger partial charge in [-0.05, 0) is 44.0 Å². The molecule has 0 aliphatic carbocycles. The number of carbonyl (C=O) groups excluding carboxylic acids is 2. The molecule has 1 aliphatic heterocycles. The zero-order chi connectivity index (χ0) is 19.7. The molecular formula is C19H19N3O5. The lowest BCUT2D eigenvalue weighted by molar-refractivity contribution is -0.383. The van der Waals surface area contributed by atoms with E-state index in [0.29, 0.717) is 0 Å². The summed E-state index contributed by atoms with van der Waals surface area (Å²) in [4.78, 5) is 37.1. The summed E-state index contributed by atoms with van der Waals surface area (Å²) >= 11 is 0. The third kappa shape index (κ3) is 3.46. The van der Waals surface area contributed by atoms with Crippen LogP contribution in [0.4, 0.5) is 17.1 Å². The van der Waals surface area contributed by atoms with Crippen LogP contribution in [0, 0.1) is 10.1 Å². The average molecular weight is 369 g/mol. The number of nitrogens with two attached hydrogens (primary N) is 1. The van der Waals surface area contributed by atoms with Gasteiger partial charge in [-0.2, -0.15) is 0 Å². The van der Waals surface area contributed by atoms with Gasteiger partial charge in [0, 0.05) is 17.8 Å². The lowest BCUT2D eigenvalue weighted by atomic mass is 10.1. The van der Waals surface area contributed by atoms with Crippen LogP contribution in [0.15, 0.2) is 42.5 Å². The van der Waals surface area contributed by atoms with Crippen molar-refractivity contribution in [3.8, 4) is 0 Å². The Bertz CT molecular complexity index is 927. The summed E-state index contributed by atoms with van der Waals surface area (Å²) in [7, 11) is 0. The van der Waals surface area contributed by atoms with Crippen LogP contribution < -0.4 is 10.6 Å². The fourth-order valence-electron chi connectivity index (χ4n) is 3.20. The van der Waals surface area contributed by atoms with Crippen molar-refractivity contribution >= 4 is 28.9 Å². The van der Waals surface area contributed by atoms with Gasteiger partial charge in [-0.3, -0.25) is 14.9 Å². The molecule has 8 nitrogen and oxygen atoms in total. The second-order valence-corrected chi connectivity index (χ2v) is 6.47. The zero-order valence-electron chi connectivity index (χ0n) is 14.9. The van der Waals surface area contributed by atoms with Crippen molar-refractivity contribution in [1.29, 1.82) is 0 Å². The molecule has 0 unspecified atom stereocenters. The lowest BCUT2D eigenvalue weighted by Crippen LogP contribution is -2.43. The largest absolute Gasteiger partial charge is 0.449 e. The predicted octanol–water partition coefficient (Wildman–Crippen LogP) is 2.70. The van der Waals surface area contributed by atoms with Gasteiger partial charge < -0.3 is 15.4 Å². The Kier molecular flexibility index (Phi) is 4.81. The highest BCUT2D eigenvalue weighted by atomic mass is 16.6. The monoisotopic (exact) mass is 369 g/mol. The Morgan fingerprint density at radius 1 is 1.30 bits per heavy atom. The Labute approximate surface area is 155 Å². The van der Waals surface area contributed by atoms with Gasteiger partial charge in [0.2, 0.25) is 0 Å². The molecule has 2 aromatic rings. The quantitative estimate of drug-likeness (QED) is 0.383. The number of nitrogen functional groups attached to an aromatic ring is 1. The van der Waals surface area contributed by atoms with Gasteiger partial charge in [0.1, 0.15) is 5.69 Å². The van der Waals surface area contributed by atoms with Gasteiger partial charge >= 0.3 is 5.97 Å². The van der Waals surface area contributed by atoms with Gasteiger partial charge in [-0.25, -0.2) is 4.79 Å². The number of nitro benzene ring substituents is 1. The van der Waals surface area contributed by atoms with Crippen molar-refractivity contribution in [2.45, 2.75) is 32.4 Å². The van der Waals surface area contributed by atoms with Crippen molar-refractivity contribution in [2.75, 3.05) is 10.6 Å². The topological polar surface area (TPSA) is 116 Å². The molecule has 0 fully saturated rings. The zero-order valence-corrected chi connectivity index (χ0v) is 14.9. The Balaban J connectivity index is 1.76. The molecule has 8 heteroatoms. The summed E-state index contributed by atoms with van der Waals surface area (Å²) in [6, 6.07) is 11.2. The van der Waals surface area contributed by atoms with Gasteiger partial charge in [0.05, 0.1) is 10.5 Å². The number of benzene rings is 2. The molecule has 0 radical (unpaired) electrons. The van der Waals surface area contributed by atoms with Crippen LogP contribution in [0.1, 0.15) is 29.8 Å². The Hall–Kier alpha value is -3.42. The van der Waals surface area contributed by atoms with Gasteiger partial charge in [0.25, 0.3) is 11.6 Å². The number of carbonyl (C=O) groups is 2. The van der Waals surface area contributed by atoms with Gasteiger partial charge in [-0.1, -0.05) is 18.2 Å². The number of esters is 1. The van der Waals surface area contributed by atoms with Crippen molar-refractivity contribution < 1.29 is 19.2 Å². The van der Waals surface area contributed by atoms with Crippen LogP contribution in [-0.4, -0.2) is 28.9 Å². The number of para-hydroxylation sites is 1. The normalized spacial score (nSPS) is 16.5. The summed E-state index contributed by atoms with van der Waals surface area (Å²) < 4.78 is 5.26. The molecule has 0 saturated carbocycles. The molecule has 0 saturated heterocycles. The third-order valence-corrected chi connectivity index (χ3v) is 4.54. The molecule has 1 aliphatic rings. The minimum absolute atomic E-state index is 0.0366. The first-order valence-electron chi connectivity index (χ1n) is 8.45. The minimum atomic E-state index is -1.04. The predicted molar refractivity (Wildman–Crippen MR) is 99.5 cm³/mol. The summed E-state index contributed by atoms with van der Waals surface area (Å²) in [5.74, 6) is -1.16. The van der Waals surface area contributed by atoms with Crippen molar-refractivity contribution in [2.24, 2.45) is 0 Å². The van der Waals surface area contributed by atoms with E-state index < -0.39 is 17.0 Å².